The molecule has 3 heterocycles. The molecular weight excluding hydrogens is 501 g/mol. The summed E-state index contributed by atoms with van der Waals surface area (Å²) in [5.41, 5.74) is 3.77. The van der Waals surface area contributed by atoms with Gasteiger partial charge in [0.1, 0.15) is 11.0 Å². The monoisotopic (exact) mass is 527 g/mol. The number of ether oxygens (including phenoxy) is 1. The lowest BCUT2D eigenvalue weighted by Gasteiger charge is -2.38. The van der Waals surface area contributed by atoms with Gasteiger partial charge in [-0.3, -0.25) is 0 Å². The molecule has 2 aliphatic heterocycles. The Balaban J connectivity index is 1.27. The minimum absolute atomic E-state index is 0.115. The van der Waals surface area contributed by atoms with Gasteiger partial charge in [-0.05, 0) is 60.3 Å². The number of benzene rings is 2. The molecule has 1 aromatic heterocycles. The van der Waals surface area contributed by atoms with Gasteiger partial charge < -0.3 is 20.3 Å². The molecule has 1 fully saturated rings. The van der Waals surface area contributed by atoms with Gasteiger partial charge in [-0.1, -0.05) is 59.6 Å². The third-order valence-corrected chi connectivity index (χ3v) is 7.51. The summed E-state index contributed by atoms with van der Waals surface area (Å²) in [5.74, 6) is 1.16. The molecule has 0 aliphatic carbocycles. The van der Waals surface area contributed by atoms with Crippen LogP contribution < -0.4 is 15.5 Å². The van der Waals surface area contributed by atoms with Crippen molar-refractivity contribution in [2.45, 2.75) is 31.2 Å². The van der Waals surface area contributed by atoms with Crippen molar-refractivity contribution in [2.75, 3.05) is 36.5 Å². The molecule has 35 heavy (non-hydrogen) atoms. The highest BCUT2D eigenvalue weighted by atomic mass is 35.5. The first-order valence-electron chi connectivity index (χ1n) is 11.8. The van der Waals surface area contributed by atoms with E-state index in [0.29, 0.717) is 36.0 Å². The van der Waals surface area contributed by atoms with Crippen molar-refractivity contribution in [1.29, 1.82) is 0 Å². The quantitative estimate of drug-likeness (QED) is 0.341. The predicted octanol–water partition coefficient (Wildman–Crippen LogP) is 5.38. The lowest BCUT2D eigenvalue weighted by molar-refractivity contribution is 0.0515. The molecule has 0 bridgehead atoms. The second-order valence-electron chi connectivity index (χ2n) is 9.02. The first kappa shape index (κ1) is 24.3. The Morgan fingerprint density at radius 2 is 1.83 bits per heavy atom. The standard InChI is InChI=1S/C26H27Cl2N5OS/c27-21-7-3-6-20(14-21)26(9-12-34-13-10-26)17-29-25(35)32-24-30-22(28)15-23(31-24)33-11-8-18-4-1-2-5-19(18)16-33/h1-7,14-15H,8-13,16-17H2,(H2,29,30,31,32,35). The fourth-order valence-corrected chi connectivity index (χ4v) is 5.39. The molecule has 2 N–H and O–H groups in total. The maximum atomic E-state index is 6.36. The van der Waals surface area contributed by atoms with E-state index in [1.54, 1.807) is 6.07 Å². The van der Waals surface area contributed by atoms with Gasteiger partial charge in [-0.15, -0.1) is 0 Å². The molecule has 2 aliphatic rings. The van der Waals surface area contributed by atoms with E-state index < -0.39 is 0 Å². The minimum Gasteiger partial charge on any atom is -0.381 e. The second kappa shape index (κ2) is 10.7. The number of hydrogen-bond donors (Lipinski definition) is 2. The number of fused-ring (bicyclic) bond motifs is 1. The van der Waals surface area contributed by atoms with Gasteiger partial charge in [-0.25, -0.2) is 4.98 Å². The first-order chi connectivity index (χ1) is 17.0. The molecule has 2 aromatic carbocycles. The molecule has 9 heteroatoms. The molecular formula is C26H27Cl2N5OS. The van der Waals surface area contributed by atoms with E-state index in [4.69, 9.17) is 45.1 Å². The summed E-state index contributed by atoms with van der Waals surface area (Å²) in [4.78, 5) is 11.3. The van der Waals surface area contributed by atoms with Crippen LogP contribution >= 0.6 is 35.4 Å². The largest absolute Gasteiger partial charge is 0.381 e. The molecule has 0 spiro atoms. The lowest BCUT2D eigenvalue weighted by atomic mass is 9.74. The highest BCUT2D eigenvalue weighted by Crippen LogP contribution is 2.35. The van der Waals surface area contributed by atoms with E-state index in [0.717, 1.165) is 43.2 Å². The van der Waals surface area contributed by atoms with Crippen molar-refractivity contribution in [1.82, 2.24) is 15.3 Å². The van der Waals surface area contributed by atoms with Crippen LogP contribution in [0, 0.1) is 0 Å². The zero-order valence-corrected chi connectivity index (χ0v) is 21.6. The molecule has 0 saturated carbocycles. The number of halogens is 2. The number of thiocarbonyl (C=S) groups is 1. The van der Waals surface area contributed by atoms with Crippen molar-refractivity contribution < 1.29 is 4.74 Å². The molecule has 182 valence electrons. The highest BCUT2D eigenvalue weighted by molar-refractivity contribution is 7.80. The van der Waals surface area contributed by atoms with E-state index in [2.05, 4.69) is 50.8 Å². The summed E-state index contributed by atoms with van der Waals surface area (Å²) in [5, 5.41) is 8.07. The fraction of sp³-hybridized carbons (Fsp3) is 0.346. The van der Waals surface area contributed by atoms with Gasteiger partial charge in [0, 0.05) is 49.4 Å². The van der Waals surface area contributed by atoms with Crippen LogP contribution in [0.2, 0.25) is 10.2 Å². The highest BCUT2D eigenvalue weighted by Gasteiger charge is 2.34. The predicted molar refractivity (Wildman–Crippen MR) is 146 cm³/mol. The third-order valence-electron chi connectivity index (χ3n) is 6.84. The molecule has 3 aromatic rings. The van der Waals surface area contributed by atoms with Gasteiger partial charge in [-0.2, -0.15) is 4.98 Å². The number of rotatable bonds is 5. The van der Waals surface area contributed by atoms with Crippen molar-refractivity contribution in [3.8, 4) is 0 Å². The molecule has 6 nitrogen and oxygen atoms in total. The molecule has 0 amide bonds. The van der Waals surface area contributed by atoms with E-state index in [1.165, 1.54) is 16.7 Å². The molecule has 0 atom stereocenters. The van der Waals surface area contributed by atoms with Gasteiger partial charge in [0.05, 0.1) is 0 Å². The van der Waals surface area contributed by atoms with E-state index in [-0.39, 0.29) is 5.41 Å². The van der Waals surface area contributed by atoms with Crippen molar-refractivity contribution in [3.63, 3.8) is 0 Å². The third kappa shape index (κ3) is 5.70. The van der Waals surface area contributed by atoms with Gasteiger partial charge in [0.25, 0.3) is 0 Å². The summed E-state index contributed by atoms with van der Waals surface area (Å²) in [6, 6.07) is 18.3. The molecule has 5 rings (SSSR count). The number of anilines is 2. The molecule has 0 radical (unpaired) electrons. The van der Waals surface area contributed by atoms with Crippen LogP contribution in [0.25, 0.3) is 0 Å². The Kier molecular flexibility index (Phi) is 7.39. The summed E-state index contributed by atoms with van der Waals surface area (Å²) in [7, 11) is 0. The van der Waals surface area contributed by atoms with Crippen LogP contribution in [0.4, 0.5) is 11.8 Å². The number of nitrogens with one attached hydrogen (secondary N) is 2. The zero-order chi connectivity index (χ0) is 24.3. The van der Waals surface area contributed by atoms with Crippen LogP contribution in [-0.2, 0) is 23.1 Å². The number of aromatic nitrogens is 2. The molecule has 0 unspecified atom stereocenters. The van der Waals surface area contributed by atoms with Crippen LogP contribution in [-0.4, -0.2) is 41.4 Å². The normalized spacial score (nSPS) is 16.9. The van der Waals surface area contributed by atoms with E-state index in [9.17, 15) is 0 Å². The lowest BCUT2D eigenvalue weighted by Crippen LogP contribution is -2.45. The van der Waals surface area contributed by atoms with Crippen LogP contribution in [0.3, 0.4) is 0 Å². The zero-order valence-electron chi connectivity index (χ0n) is 19.3. The average molecular weight is 529 g/mol. The van der Waals surface area contributed by atoms with Crippen LogP contribution in [0.1, 0.15) is 29.5 Å². The summed E-state index contributed by atoms with van der Waals surface area (Å²) >= 11 is 18.3. The van der Waals surface area contributed by atoms with E-state index >= 15 is 0 Å². The number of nitrogens with zero attached hydrogens (tertiary/aromatic N) is 3. The maximum Gasteiger partial charge on any atom is 0.232 e. The Bertz CT molecular complexity index is 1220. The van der Waals surface area contributed by atoms with Gasteiger partial charge in [0.15, 0.2) is 5.11 Å². The smallest absolute Gasteiger partial charge is 0.232 e. The fourth-order valence-electron chi connectivity index (χ4n) is 4.86. The van der Waals surface area contributed by atoms with Gasteiger partial charge >= 0.3 is 0 Å². The van der Waals surface area contributed by atoms with Crippen LogP contribution in [0.15, 0.2) is 54.6 Å². The Hall–Kier alpha value is -2.45. The average Bonchev–Trinajstić information content (AvgIpc) is 2.87. The molecule has 1 saturated heterocycles. The summed E-state index contributed by atoms with van der Waals surface area (Å²) in [6.45, 7) is 3.72. The first-order valence-corrected chi connectivity index (χ1v) is 12.9. The second-order valence-corrected chi connectivity index (χ2v) is 10.3. The topological polar surface area (TPSA) is 62.3 Å². The van der Waals surface area contributed by atoms with Crippen molar-refractivity contribution in [3.05, 3.63) is 81.5 Å². The summed E-state index contributed by atoms with van der Waals surface area (Å²) in [6.07, 6.45) is 2.74. The SMILES string of the molecule is S=C(NCC1(c2cccc(Cl)c2)CCOCC1)Nc1nc(Cl)cc(N2CCc3ccccc3C2)n1. The minimum atomic E-state index is -0.115. The van der Waals surface area contributed by atoms with Gasteiger partial charge in [0.2, 0.25) is 5.95 Å². The van der Waals surface area contributed by atoms with Crippen LogP contribution in [0.5, 0.6) is 0 Å². The Morgan fingerprint density at radius 3 is 2.63 bits per heavy atom. The maximum absolute atomic E-state index is 6.36. The van der Waals surface area contributed by atoms with E-state index in [1.807, 2.05) is 18.2 Å². The Morgan fingerprint density at radius 1 is 1.03 bits per heavy atom. The van der Waals surface area contributed by atoms with Crippen molar-refractivity contribution >= 4 is 52.3 Å². The summed E-state index contributed by atoms with van der Waals surface area (Å²) < 4.78 is 5.64. The van der Waals surface area contributed by atoms with Crippen molar-refractivity contribution in [2.24, 2.45) is 0 Å². The Labute approximate surface area is 221 Å². The number of hydrogen-bond acceptors (Lipinski definition) is 5.